The number of amides is 1. The number of fused-ring (bicyclic) bond motifs is 1. The molecule has 1 atom stereocenters. The van der Waals surface area contributed by atoms with Crippen LogP contribution in [0.1, 0.15) is 10.5 Å². The Labute approximate surface area is 126 Å². The van der Waals surface area contributed by atoms with Gasteiger partial charge < -0.3 is 19.4 Å². The summed E-state index contributed by atoms with van der Waals surface area (Å²) in [6.45, 7) is 0.724. The van der Waals surface area contributed by atoms with E-state index in [1.54, 1.807) is 7.05 Å². The number of rotatable bonds is 3. The highest BCUT2D eigenvalue weighted by atomic mass is 16.6. The topological polar surface area (TPSA) is 84.5 Å². The van der Waals surface area contributed by atoms with E-state index in [9.17, 15) is 9.59 Å². The number of benzene rings is 1. The third kappa shape index (κ3) is 2.93. The van der Waals surface area contributed by atoms with Crippen LogP contribution in [0.15, 0.2) is 41.5 Å². The third-order valence-corrected chi connectivity index (χ3v) is 3.28. The van der Waals surface area contributed by atoms with E-state index in [-0.39, 0.29) is 23.3 Å². The number of carbonyl (C=O) groups excluding carboxylic acids is 1. The van der Waals surface area contributed by atoms with Crippen LogP contribution < -0.4 is 15.0 Å². The van der Waals surface area contributed by atoms with Crippen molar-refractivity contribution < 1.29 is 14.3 Å². The van der Waals surface area contributed by atoms with E-state index < -0.39 is 0 Å². The molecule has 1 amide bonds. The van der Waals surface area contributed by atoms with E-state index >= 15 is 0 Å². The van der Waals surface area contributed by atoms with Gasteiger partial charge in [-0.2, -0.15) is 0 Å². The van der Waals surface area contributed by atoms with E-state index in [2.05, 4.69) is 9.97 Å². The molecular formula is C15H15N3O4. The lowest BCUT2D eigenvalue weighted by molar-refractivity contribution is 0.0517. The number of nitrogens with zero attached hydrogens (tertiary/aromatic N) is 2. The van der Waals surface area contributed by atoms with Crippen LogP contribution in [-0.2, 0) is 0 Å². The maximum absolute atomic E-state index is 12.2. The number of H-pyrrole nitrogens is 1. The minimum Gasteiger partial charge on any atom is -0.486 e. The first-order valence-corrected chi connectivity index (χ1v) is 6.82. The number of likely N-dealkylation sites (N-methyl/N-ethyl adjacent to an activating group) is 1. The van der Waals surface area contributed by atoms with Gasteiger partial charge >= 0.3 is 0 Å². The van der Waals surface area contributed by atoms with Crippen LogP contribution in [0.5, 0.6) is 11.5 Å². The molecule has 0 bridgehead atoms. The van der Waals surface area contributed by atoms with Crippen LogP contribution in [0, 0.1) is 0 Å². The second-order valence-corrected chi connectivity index (χ2v) is 4.98. The van der Waals surface area contributed by atoms with Crippen molar-refractivity contribution in [2.24, 2.45) is 0 Å². The van der Waals surface area contributed by atoms with Crippen molar-refractivity contribution in [3.63, 3.8) is 0 Å². The molecule has 1 aromatic heterocycles. The summed E-state index contributed by atoms with van der Waals surface area (Å²) in [7, 11) is 1.65. The fourth-order valence-electron chi connectivity index (χ4n) is 2.20. The molecule has 0 unspecified atom stereocenters. The van der Waals surface area contributed by atoms with Crippen molar-refractivity contribution >= 4 is 5.91 Å². The van der Waals surface area contributed by atoms with Gasteiger partial charge in [-0.15, -0.1) is 0 Å². The largest absolute Gasteiger partial charge is 0.486 e. The highest BCUT2D eigenvalue weighted by Gasteiger charge is 2.24. The molecule has 1 aliphatic rings. The Kier molecular flexibility index (Phi) is 3.78. The quantitative estimate of drug-likeness (QED) is 0.901. The summed E-state index contributed by atoms with van der Waals surface area (Å²) in [5, 5.41) is 0. The molecule has 0 spiro atoms. The summed E-state index contributed by atoms with van der Waals surface area (Å²) in [5.74, 6) is 1.08. The Morgan fingerprint density at radius 1 is 1.41 bits per heavy atom. The Bertz CT molecular complexity index is 723. The minimum atomic E-state index is -0.347. The van der Waals surface area contributed by atoms with Crippen LogP contribution in [0.3, 0.4) is 0 Å². The molecule has 0 saturated heterocycles. The summed E-state index contributed by atoms with van der Waals surface area (Å²) < 4.78 is 11.4. The molecule has 22 heavy (non-hydrogen) atoms. The first-order valence-electron chi connectivity index (χ1n) is 6.82. The first kappa shape index (κ1) is 14.1. The fraction of sp³-hybridized carbons (Fsp3) is 0.267. The SMILES string of the molecule is CN(C[C@H]1COc2ccccc2O1)C(=O)c1c[nH]c(=O)cn1. The number of hydrogen-bond donors (Lipinski definition) is 1. The van der Waals surface area contributed by atoms with Crippen molar-refractivity contribution in [3.8, 4) is 11.5 Å². The normalized spacial score (nSPS) is 16.1. The van der Waals surface area contributed by atoms with Crippen LogP contribution in [0.25, 0.3) is 0 Å². The van der Waals surface area contributed by atoms with E-state index in [1.807, 2.05) is 24.3 Å². The Morgan fingerprint density at radius 2 is 2.18 bits per heavy atom. The summed E-state index contributed by atoms with van der Waals surface area (Å²) >= 11 is 0. The minimum absolute atomic E-state index is 0.180. The lowest BCUT2D eigenvalue weighted by atomic mass is 10.2. The molecule has 2 heterocycles. The van der Waals surface area contributed by atoms with Gasteiger partial charge in [0.25, 0.3) is 11.5 Å². The van der Waals surface area contributed by atoms with Gasteiger partial charge in [0.05, 0.1) is 12.7 Å². The zero-order chi connectivity index (χ0) is 15.5. The Balaban J connectivity index is 1.65. The number of ether oxygens (including phenoxy) is 2. The van der Waals surface area contributed by atoms with Gasteiger partial charge in [0.15, 0.2) is 17.6 Å². The zero-order valence-electron chi connectivity index (χ0n) is 12.0. The van der Waals surface area contributed by atoms with E-state index in [1.165, 1.54) is 11.1 Å². The standard InChI is InChI=1S/C15H15N3O4/c1-18(15(20)11-6-17-14(19)7-16-11)8-10-9-21-12-4-2-3-5-13(12)22-10/h2-7,10H,8-9H2,1H3,(H,17,19)/t10-/m0/s1. The number of hydrogen-bond acceptors (Lipinski definition) is 5. The molecule has 3 rings (SSSR count). The number of para-hydroxylation sites is 2. The van der Waals surface area contributed by atoms with Gasteiger partial charge in [-0.1, -0.05) is 12.1 Å². The third-order valence-electron chi connectivity index (χ3n) is 3.28. The lowest BCUT2D eigenvalue weighted by Gasteiger charge is -2.29. The molecule has 7 nitrogen and oxygen atoms in total. The van der Waals surface area contributed by atoms with Gasteiger partial charge in [0, 0.05) is 13.2 Å². The summed E-state index contributed by atoms with van der Waals surface area (Å²) in [6.07, 6.45) is 2.12. The number of nitrogens with one attached hydrogen (secondary N) is 1. The predicted molar refractivity (Wildman–Crippen MR) is 78.2 cm³/mol. The molecule has 1 aliphatic heterocycles. The summed E-state index contributed by atoms with van der Waals surface area (Å²) in [5.41, 5.74) is -0.168. The Morgan fingerprint density at radius 3 is 2.91 bits per heavy atom. The smallest absolute Gasteiger partial charge is 0.273 e. The zero-order valence-corrected chi connectivity index (χ0v) is 12.0. The van der Waals surface area contributed by atoms with Crippen molar-refractivity contribution in [1.82, 2.24) is 14.9 Å². The number of aromatic amines is 1. The maximum Gasteiger partial charge on any atom is 0.273 e. The molecule has 1 N–H and O–H groups in total. The summed E-state index contributed by atoms with van der Waals surface area (Å²) in [4.78, 5) is 30.9. The van der Waals surface area contributed by atoms with Crippen LogP contribution >= 0.6 is 0 Å². The van der Waals surface area contributed by atoms with E-state index in [0.717, 1.165) is 6.20 Å². The van der Waals surface area contributed by atoms with Gasteiger partial charge in [0.1, 0.15) is 12.3 Å². The Hall–Kier alpha value is -2.83. The predicted octanol–water partition coefficient (Wildman–Crippen LogP) is 0.682. The maximum atomic E-state index is 12.2. The van der Waals surface area contributed by atoms with Crippen molar-refractivity contribution in [2.75, 3.05) is 20.2 Å². The molecule has 2 aromatic rings. The monoisotopic (exact) mass is 301 g/mol. The molecule has 0 fully saturated rings. The van der Waals surface area contributed by atoms with Gasteiger partial charge in [-0.05, 0) is 12.1 Å². The fourth-order valence-corrected chi connectivity index (χ4v) is 2.20. The van der Waals surface area contributed by atoms with E-state index in [0.29, 0.717) is 24.7 Å². The van der Waals surface area contributed by atoms with Crippen LogP contribution in [0.4, 0.5) is 0 Å². The van der Waals surface area contributed by atoms with E-state index in [4.69, 9.17) is 9.47 Å². The lowest BCUT2D eigenvalue weighted by Crippen LogP contribution is -2.42. The average molecular weight is 301 g/mol. The second kappa shape index (κ2) is 5.88. The summed E-state index contributed by atoms with van der Waals surface area (Å²) in [6, 6.07) is 7.40. The average Bonchev–Trinajstić information content (AvgIpc) is 2.55. The molecule has 7 heteroatoms. The molecule has 1 aromatic carbocycles. The van der Waals surface area contributed by atoms with Crippen molar-refractivity contribution in [3.05, 3.63) is 52.7 Å². The van der Waals surface area contributed by atoms with Crippen molar-refractivity contribution in [1.29, 1.82) is 0 Å². The molecule has 0 aliphatic carbocycles. The molecule has 0 saturated carbocycles. The molecular weight excluding hydrogens is 286 g/mol. The highest BCUT2D eigenvalue weighted by Crippen LogP contribution is 2.30. The second-order valence-electron chi connectivity index (χ2n) is 4.98. The highest BCUT2D eigenvalue weighted by molar-refractivity contribution is 5.91. The first-order chi connectivity index (χ1) is 10.6. The van der Waals surface area contributed by atoms with Gasteiger partial charge in [-0.25, -0.2) is 4.98 Å². The van der Waals surface area contributed by atoms with Crippen LogP contribution in [-0.4, -0.2) is 47.1 Å². The molecule has 0 radical (unpaired) electrons. The number of carbonyl (C=O) groups is 1. The van der Waals surface area contributed by atoms with Gasteiger partial charge in [-0.3, -0.25) is 9.59 Å². The van der Waals surface area contributed by atoms with Gasteiger partial charge in [0.2, 0.25) is 0 Å². The number of aromatic nitrogens is 2. The van der Waals surface area contributed by atoms with Crippen LogP contribution in [0.2, 0.25) is 0 Å². The molecule has 114 valence electrons. The van der Waals surface area contributed by atoms with Crippen molar-refractivity contribution in [2.45, 2.75) is 6.10 Å².